The summed E-state index contributed by atoms with van der Waals surface area (Å²) in [6.45, 7) is 0. The van der Waals surface area contributed by atoms with Gasteiger partial charge in [0.2, 0.25) is 0 Å². The van der Waals surface area contributed by atoms with E-state index in [4.69, 9.17) is 0 Å². The fourth-order valence-electron chi connectivity index (χ4n) is 2.17. The highest BCUT2D eigenvalue weighted by Gasteiger charge is 2.14. The van der Waals surface area contributed by atoms with Crippen molar-refractivity contribution in [1.82, 2.24) is 10.2 Å². The number of anilines is 1. The van der Waals surface area contributed by atoms with Crippen molar-refractivity contribution in [2.24, 2.45) is 0 Å². The normalized spacial score (nSPS) is 12.0. The molecule has 0 bridgehead atoms. The minimum absolute atomic E-state index is 0.00870. The molecule has 1 unspecified atom stereocenters. The van der Waals surface area contributed by atoms with E-state index in [0.717, 1.165) is 16.8 Å². The number of nitrogens with zero attached hydrogens (tertiary/aromatic N) is 1. The zero-order chi connectivity index (χ0) is 13.8. The third-order valence-electron chi connectivity index (χ3n) is 3.17. The second-order valence-corrected chi connectivity index (χ2v) is 4.57. The van der Waals surface area contributed by atoms with Crippen molar-refractivity contribution < 1.29 is 5.11 Å². The zero-order valence-electron chi connectivity index (χ0n) is 10.8. The van der Waals surface area contributed by atoms with Gasteiger partial charge in [0.1, 0.15) is 5.75 Å². The second-order valence-electron chi connectivity index (χ2n) is 4.57. The molecule has 0 radical (unpaired) electrons. The molecular weight excluding hydrogens is 250 g/mol. The first-order valence-corrected chi connectivity index (χ1v) is 6.42. The summed E-state index contributed by atoms with van der Waals surface area (Å²) in [7, 11) is 0. The third kappa shape index (κ3) is 2.64. The van der Waals surface area contributed by atoms with Crippen molar-refractivity contribution >= 4 is 5.69 Å². The van der Waals surface area contributed by atoms with Gasteiger partial charge >= 0.3 is 0 Å². The molecule has 0 amide bonds. The van der Waals surface area contributed by atoms with Crippen LogP contribution in [0.15, 0.2) is 67.0 Å². The minimum Gasteiger partial charge on any atom is -0.508 e. The Hall–Kier alpha value is -2.75. The molecule has 0 aliphatic carbocycles. The summed E-state index contributed by atoms with van der Waals surface area (Å²) < 4.78 is 0. The quantitative estimate of drug-likeness (QED) is 0.678. The maximum atomic E-state index is 9.43. The summed E-state index contributed by atoms with van der Waals surface area (Å²) in [5.74, 6) is 0.267. The maximum absolute atomic E-state index is 9.43. The molecule has 1 atom stereocenters. The molecule has 4 heteroatoms. The first-order chi connectivity index (χ1) is 9.83. The number of phenols is 1. The smallest absolute Gasteiger partial charge is 0.115 e. The largest absolute Gasteiger partial charge is 0.508 e. The molecular formula is C16H15N3O. The van der Waals surface area contributed by atoms with Crippen LogP contribution in [-0.2, 0) is 0 Å². The topological polar surface area (TPSA) is 60.9 Å². The van der Waals surface area contributed by atoms with Crippen LogP contribution in [-0.4, -0.2) is 15.3 Å². The fraction of sp³-hybridized carbons (Fsp3) is 0.0625. The lowest BCUT2D eigenvalue weighted by molar-refractivity contribution is 0.475. The monoisotopic (exact) mass is 265 g/mol. The molecule has 100 valence electrons. The van der Waals surface area contributed by atoms with E-state index in [9.17, 15) is 5.11 Å². The SMILES string of the molecule is Oc1ccc(C(Nc2cn[nH]c2)c2ccccc2)cc1. The van der Waals surface area contributed by atoms with Gasteiger partial charge in [-0.2, -0.15) is 5.10 Å². The van der Waals surface area contributed by atoms with Gasteiger partial charge in [-0.05, 0) is 23.3 Å². The van der Waals surface area contributed by atoms with Crippen LogP contribution in [0, 0.1) is 0 Å². The van der Waals surface area contributed by atoms with Gasteiger partial charge in [0.25, 0.3) is 0 Å². The average Bonchev–Trinajstić information content (AvgIpc) is 3.00. The molecule has 3 N–H and O–H groups in total. The number of hydrogen-bond donors (Lipinski definition) is 3. The van der Waals surface area contributed by atoms with E-state index >= 15 is 0 Å². The maximum Gasteiger partial charge on any atom is 0.115 e. The number of aromatic hydroxyl groups is 1. The molecule has 2 aromatic carbocycles. The standard InChI is InChI=1S/C16H15N3O/c20-15-8-6-13(7-9-15)16(12-4-2-1-3-5-12)19-14-10-17-18-11-14/h1-11,16,19-20H,(H,17,18). The first-order valence-electron chi connectivity index (χ1n) is 6.42. The van der Waals surface area contributed by atoms with Crippen molar-refractivity contribution in [3.05, 3.63) is 78.1 Å². The van der Waals surface area contributed by atoms with Crippen molar-refractivity contribution in [2.75, 3.05) is 5.32 Å². The van der Waals surface area contributed by atoms with Crippen LogP contribution in [0.5, 0.6) is 5.75 Å². The molecule has 4 nitrogen and oxygen atoms in total. The zero-order valence-corrected chi connectivity index (χ0v) is 10.8. The molecule has 20 heavy (non-hydrogen) atoms. The molecule has 0 spiro atoms. The Kier molecular flexibility index (Phi) is 3.37. The molecule has 1 aromatic heterocycles. The van der Waals surface area contributed by atoms with Gasteiger partial charge in [0, 0.05) is 6.20 Å². The first kappa shape index (κ1) is 12.3. The number of nitrogens with one attached hydrogen (secondary N) is 2. The lowest BCUT2D eigenvalue weighted by atomic mass is 9.98. The van der Waals surface area contributed by atoms with E-state index in [0.29, 0.717) is 0 Å². The molecule has 3 rings (SSSR count). The van der Waals surface area contributed by atoms with E-state index in [-0.39, 0.29) is 11.8 Å². The highest BCUT2D eigenvalue weighted by atomic mass is 16.3. The highest BCUT2D eigenvalue weighted by Crippen LogP contribution is 2.27. The number of aromatic nitrogens is 2. The number of hydrogen-bond acceptors (Lipinski definition) is 3. The Morgan fingerprint density at radius 1 is 0.950 bits per heavy atom. The van der Waals surface area contributed by atoms with Crippen LogP contribution in [0.2, 0.25) is 0 Å². The van der Waals surface area contributed by atoms with Crippen LogP contribution < -0.4 is 5.32 Å². The number of aromatic amines is 1. The number of benzene rings is 2. The van der Waals surface area contributed by atoms with Crippen molar-refractivity contribution in [1.29, 1.82) is 0 Å². The van der Waals surface area contributed by atoms with E-state index in [1.165, 1.54) is 0 Å². The molecule has 0 fully saturated rings. The Bertz CT molecular complexity index is 648. The lowest BCUT2D eigenvalue weighted by Gasteiger charge is -2.20. The van der Waals surface area contributed by atoms with Gasteiger partial charge in [0.15, 0.2) is 0 Å². The summed E-state index contributed by atoms with van der Waals surface area (Å²) in [6, 6.07) is 17.4. The third-order valence-corrected chi connectivity index (χ3v) is 3.17. The van der Waals surface area contributed by atoms with Crippen LogP contribution in [0.4, 0.5) is 5.69 Å². The molecule has 3 aromatic rings. The minimum atomic E-state index is 0.00870. The van der Waals surface area contributed by atoms with Gasteiger partial charge in [-0.15, -0.1) is 0 Å². The average molecular weight is 265 g/mol. The van der Waals surface area contributed by atoms with Crippen LogP contribution >= 0.6 is 0 Å². The van der Waals surface area contributed by atoms with Crippen LogP contribution in [0.25, 0.3) is 0 Å². The lowest BCUT2D eigenvalue weighted by Crippen LogP contribution is -2.11. The molecule has 0 aliphatic heterocycles. The van der Waals surface area contributed by atoms with Crippen LogP contribution in [0.3, 0.4) is 0 Å². The summed E-state index contributed by atoms with van der Waals surface area (Å²) in [4.78, 5) is 0. The highest BCUT2D eigenvalue weighted by molar-refractivity contribution is 5.47. The van der Waals surface area contributed by atoms with Gasteiger partial charge in [0.05, 0.1) is 17.9 Å². The van der Waals surface area contributed by atoms with E-state index in [1.54, 1.807) is 18.3 Å². The molecule has 1 heterocycles. The second kappa shape index (κ2) is 5.48. The van der Waals surface area contributed by atoms with E-state index < -0.39 is 0 Å². The molecule has 0 saturated heterocycles. The summed E-state index contributed by atoms with van der Waals surface area (Å²) in [6.07, 6.45) is 3.56. The van der Waals surface area contributed by atoms with Crippen molar-refractivity contribution in [3.8, 4) is 5.75 Å². The number of phenolic OH excluding ortho intramolecular Hbond substituents is 1. The number of H-pyrrole nitrogens is 1. The fourth-order valence-corrected chi connectivity index (χ4v) is 2.17. The molecule has 0 saturated carbocycles. The van der Waals surface area contributed by atoms with Gasteiger partial charge in [-0.25, -0.2) is 0 Å². The van der Waals surface area contributed by atoms with Crippen molar-refractivity contribution in [2.45, 2.75) is 6.04 Å². The summed E-state index contributed by atoms with van der Waals surface area (Å²) in [5.41, 5.74) is 3.15. The van der Waals surface area contributed by atoms with Crippen LogP contribution in [0.1, 0.15) is 17.2 Å². The Morgan fingerprint density at radius 3 is 2.30 bits per heavy atom. The summed E-state index contributed by atoms with van der Waals surface area (Å²) >= 11 is 0. The Balaban J connectivity index is 1.97. The van der Waals surface area contributed by atoms with Gasteiger partial charge < -0.3 is 10.4 Å². The predicted molar refractivity (Wildman–Crippen MR) is 78.6 cm³/mol. The van der Waals surface area contributed by atoms with Gasteiger partial charge in [-0.1, -0.05) is 42.5 Å². The van der Waals surface area contributed by atoms with E-state index in [1.807, 2.05) is 36.5 Å². The van der Waals surface area contributed by atoms with E-state index in [2.05, 4.69) is 27.6 Å². The Labute approximate surface area is 117 Å². The van der Waals surface area contributed by atoms with Crippen molar-refractivity contribution in [3.63, 3.8) is 0 Å². The van der Waals surface area contributed by atoms with Gasteiger partial charge in [-0.3, -0.25) is 5.10 Å². The number of rotatable bonds is 4. The molecule has 0 aliphatic rings. The Morgan fingerprint density at radius 2 is 1.65 bits per heavy atom. The summed E-state index contributed by atoms with van der Waals surface area (Å²) in [5, 5.41) is 19.6. The predicted octanol–water partition coefficient (Wildman–Crippen LogP) is 3.32.